The molecule has 96 heavy (non-hydrogen) atoms. The molecular weight excluding hydrogens is 1260 g/mol. The molecule has 0 rings (SSSR count). The Morgan fingerprint density at radius 3 is 0.708 bits per heavy atom. The minimum absolute atomic E-state index is 0.105. The molecule has 5 atom stereocenters. The van der Waals surface area contributed by atoms with Crippen LogP contribution in [0.15, 0.2) is 0 Å². The van der Waals surface area contributed by atoms with E-state index in [0.717, 1.165) is 108 Å². The van der Waals surface area contributed by atoms with Crippen molar-refractivity contribution in [1.82, 2.24) is 0 Å². The zero-order valence-corrected chi connectivity index (χ0v) is 64.6. The summed E-state index contributed by atoms with van der Waals surface area (Å²) in [5.74, 6) is 0.0968. The van der Waals surface area contributed by atoms with Gasteiger partial charge in [0, 0.05) is 25.7 Å². The maximum absolute atomic E-state index is 13.1. The average molecular weight is 1410 g/mol. The summed E-state index contributed by atoms with van der Waals surface area (Å²) in [6.45, 7) is 11.8. The Morgan fingerprint density at radius 1 is 0.281 bits per heavy atom. The third-order valence-corrected chi connectivity index (χ3v) is 19.8. The number of esters is 4. The summed E-state index contributed by atoms with van der Waals surface area (Å²) in [7, 11) is -9.91. The van der Waals surface area contributed by atoms with Crippen molar-refractivity contribution >= 4 is 39.5 Å². The summed E-state index contributed by atoms with van der Waals surface area (Å²) in [6, 6.07) is 0. The van der Waals surface area contributed by atoms with Gasteiger partial charge in [-0.1, -0.05) is 344 Å². The first-order valence-corrected chi connectivity index (χ1v) is 42.8. The quantitative estimate of drug-likeness (QED) is 0.0222. The molecule has 0 aliphatic rings. The second-order valence-electron chi connectivity index (χ2n) is 29.2. The third kappa shape index (κ3) is 70.5. The molecule has 0 fully saturated rings. The van der Waals surface area contributed by atoms with Crippen molar-refractivity contribution in [2.24, 2.45) is 17.8 Å². The predicted octanol–water partition coefficient (Wildman–Crippen LogP) is 22.6. The molecule has 3 N–H and O–H groups in total. The van der Waals surface area contributed by atoms with Crippen LogP contribution < -0.4 is 0 Å². The van der Waals surface area contributed by atoms with Crippen LogP contribution in [-0.4, -0.2) is 96.7 Å². The third-order valence-electron chi connectivity index (χ3n) is 17.9. The van der Waals surface area contributed by atoms with Crippen LogP contribution in [0.5, 0.6) is 0 Å². The molecule has 0 aliphatic heterocycles. The van der Waals surface area contributed by atoms with Gasteiger partial charge in [-0.3, -0.25) is 37.3 Å². The lowest BCUT2D eigenvalue weighted by atomic mass is 10.0. The van der Waals surface area contributed by atoms with Gasteiger partial charge in [0.2, 0.25) is 0 Å². The lowest BCUT2D eigenvalue weighted by Crippen LogP contribution is -2.30. The zero-order chi connectivity index (χ0) is 70.9. The van der Waals surface area contributed by atoms with Gasteiger partial charge in [0.05, 0.1) is 26.4 Å². The van der Waals surface area contributed by atoms with Crippen LogP contribution in [0.25, 0.3) is 0 Å². The first-order chi connectivity index (χ1) is 46.2. The Labute approximate surface area is 588 Å². The van der Waals surface area contributed by atoms with Gasteiger partial charge < -0.3 is 33.8 Å². The number of carbonyl (C=O) groups excluding carboxylic acids is 4. The van der Waals surface area contributed by atoms with Gasteiger partial charge in [-0.25, -0.2) is 9.13 Å². The summed E-state index contributed by atoms with van der Waals surface area (Å²) in [6.07, 6.45) is 54.3. The SMILES string of the molecule is CCCCCCCCCCCCCCCCCCCCCCC(=O)O[C@H](COC(=O)CCCCCCCCCCCCC(C)C)COP(=O)(O)OC[C@@H](O)COP(=O)(O)OC[C@@H](COC(=O)CCCCCCCCCC(C)C)OC(=O)CCCCCCCCCCCCC(C)C. The Bertz CT molecular complexity index is 1870. The summed E-state index contributed by atoms with van der Waals surface area (Å²) in [5, 5.41) is 10.6. The summed E-state index contributed by atoms with van der Waals surface area (Å²) < 4.78 is 68.5. The molecule has 0 bridgehead atoms. The fourth-order valence-corrected chi connectivity index (χ4v) is 13.4. The number of hydrogen-bond donors (Lipinski definition) is 3. The summed E-state index contributed by atoms with van der Waals surface area (Å²) in [4.78, 5) is 72.8. The number of ether oxygens (including phenoxy) is 4. The van der Waals surface area contributed by atoms with Gasteiger partial charge >= 0.3 is 39.5 Å². The Kier molecular flexibility index (Phi) is 66.2. The van der Waals surface area contributed by atoms with Crippen LogP contribution in [-0.2, 0) is 65.4 Å². The van der Waals surface area contributed by atoms with E-state index in [1.54, 1.807) is 0 Å². The molecule has 17 nitrogen and oxygen atoms in total. The summed E-state index contributed by atoms with van der Waals surface area (Å²) >= 11 is 0. The maximum atomic E-state index is 13.1. The van der Waals surface area contributed by atoms with Crippen LogP contribution in [0.1, 0.15) is 395 Å². The largest absolute Gasteiger partial charge is 0.472 e. The van der Waals surface area contributed by atoms with E-state index in [9.17, 15) is 43.2 Å². The monoisotopic (exact) mass is 1410 g/mol. The molecule has 0 aromatic carbocycles. The number of aliphatic hydroxyl groups is 1. The molecule has 2 unspecified atom stereocenters. The maximum Gasteiger partial charge on any atom is 0.472 e. The van der Waals surface area contributed by atoms with Crippen molar-refractivity contribution in [3.63, 3.8) is 0 Å². The highest BCUT2D eigenvalue weighted by Crippen LogP contribution is 2.45. The van der Waals surface area contributed by atoms with Crippen molar-refractivity contribution in [3.05, 3.63) is 0 Å². The molecule has 0 saturated heterocycles. The van der Waals surface area contributed by atoms with E-state index in [4.69, 9.17) is 37.0 Å². The number of aliphatic hydroxyl groups excluding tert-OH is 1. The molecule has 0 saturated carbocycles. The van der Waals surface area contributed by atoms with Crippen molar-refractivity contribution in [2.75, 3.05) is 39.6 Å². The van der Waals surface area contributed by atoms with Crippen molar-refractivity contribution in [1.29, 1.82) is 0 Å². The van der Waals surface area contributed by atoms with Crippen LogP contribution in [0.3, 0.4) is 0 Å². The number of unbranched alkanes of at least 4 members (excludes halogenated alkanes) is 43. The normalized spacial score (nSPS) is 14.1. The molecular formula is C77H150O17P2. The average Bonchev–Trinajstić information content (AvgIpc) is 3.12. The first-order valence-electron chi connectivity index (χ1n) is 39.8. The number of phosphoric ester groups is 2. The fourth-order valence-electron chi connectivity index (χ4n) is 11.8. The van der Waals surface area contributed by atoms with Gasteiger partial charge in [0.25, 0.3) is 0 Å². The first kappa shape index (κ1) is 94.1. The topological polar surface area (TPSA) is 237 Å². The van der Waals surface area contributed by atoms with Crippen molar-refractivity contribution in [3.8, 4) is 0 Å². The van der Waals surface area contributed by atoms with Crippen LogP contribution in [0.4, 0.5) is 0 Å². The van der Waals surface area contributed by atoms with E-state index in [1.165, 1.54) is 199 Å². The number of rotatable bonds is 75. The van der Waals surface area contributed by atoms with E-state index < -0.39 is 97.5 Å². The minimum atomic E-state index is -4.96. The molecule has 19 heteroatoms. The molecule has 0 amide bonds. The molecule has 0 aromatic heterocycles. The highest BCUT2D eigenvalue weighted by molar-refractivity contribution is 7.47. The lowest BCUT2D eigenvalue weighted by molar-refractivity contribution is -0.161. The van der Waals surface area contributed by atoms with E-state index in [2.05, 4.69) is 48.5 Å². The Hall–Kier alpha value is -1.94. The van der Waals surface area contributed by atoms with Crippen LogP contribution in [0.2, 0.25) is 0 Å². The van der Waals surface area contributed by atoms with E-state index >= 15 is 0 Å². The molecule has 0 heterocycles. The van der Waals surface area contributed by atoms with Gasteiger partial charge in [0.1, 0.15) is 19.3 Å². The van der Waals surface area contributed by atoms with Gasteiger partial charge in [0.15, 0.2) is 12.2 Å². The van der Waals surface area contributed by atoms with Gasteiger partial charge in [-0.2, -0.15) is 0 Å². The highest BCUT2D eigenvalue weighted by Gasteiger charge is 2.30. The van der Waals surface area contributed by atoms with E-state index in [0.29, 0.717) is 31.6 Å². The molecule has 570 valence electrons. The van der Waals surface area contributed by atoms with Crippen LogP contribution in [0, 0.1) is 17.8 Å². The number of phosphoric acid groups is 2. The molecule has 0 aliphatic carbocycles. The van der Waals surface area contributed by atoms with Crippen molar-refractivity contribution < 1.29 is 80.2 Å². The van der Waals surface area contributed by atoms with E-state index in [-0.39, 0.29) is 25.7 Å². The van der Waals surface area contributed by atoms with Gasteiger partial charge in [-0.05, 0) is 43.4 Å². The van der Waals surface area contributed by atoms with E-state index in [1.807, 2.05) is 0 Å². The van der Waals surface area contributed by atoms with Crippen molar-refractivity contribution in [2.45, 2.75) is 414 Å². The van der Waals surface area contributed by atoms with Crippen LogP contribution >= 0.6 is 15.6 Å². The predicted molar refractivity (Wildman–Crippen MR) is 391 cm³/mol. The lowest BCUT2D eigenvalue weighted by Gasteiger charge is -2.21. The molecule has 0 radical (unpaired) electrons. The standard InChI is InChI=1S/C77H150O17P2/c1-8-9-10-11-12-13-14-15-16-17-18-19-20-21-22-23-31-38-46-53-60-76(81)93-72(64-87-74(79)58-51-44-37-30-26-24-28-34-41-48-55-68(2)3)66-91-95(83,84)89-62-71(78)63-90-96(85,86)92-67-73(65-88-75(80)59-52-45-40-33-36-43-50-57-70(6)7)94-77(82)61-54-47-39-32-27-25-29-35-42-49-56-69(4)5/h68-73,78H,8-67H2,1-7H3,(H,83,84)(H,85,86)/t71-,72-,73-/m1/s1. The zero-order valence-electron chi connectivity index (χ0n) is 62.8. The Morgan fingerprint density at radius 2 is 0.479 bits per heavy atom. The second kappa shape index (κ2) is 67.5. The minimum Gasteiger partial charge on any atom is -0.462 e. The summed E-state index contributed by atoms with van der Waals surface area (Å²) in [5.41, 5.74) is 0. The molecule has 0 aromatic rings. The number of hydrogen-bond acceptors (Lipinski definition) is 15. The molecule has 0 spiro atoms. The fraction of sp³-hybridized carbons (Fsp3) is 0.948. The second-order valence-corrected chi connectivity index (χ2v) is 32.1. The number of carbonyl (C=O) groups is 4. The van der Waals surface area contributed by atoms with Gasteiger partial charge in [-0.15, -0.1) is 0 Å². The highest BCUT2D eigenvalue weighted by atomic mass is 31.2. The Balaban J connectivity index is 5.22. The smallest absolute Gasteiger partial charge is 0.462 e.